The van der Waals surface area contributed by atoms with Crippen molar-refractivity contribution in [2.45, 2.75) is 101 Å². The lowest BCUT2D eigenvalue weighted by Gasteiger charge is -2.30. The number of carbonyl (C=O) groups is 1. The zero-order valence-corrected chi connectivity index (χ0v) is 29.4. The van der Waals surface area contributed by atoms with Crippen LogP contribution in [0.5, 0.6) is 5.75 Å². The summed E-state index contributed by atoms with van der Waals surface area (Å²) in [5, 5.41) is 6.23. The van der Waals surface area contributed by atoms with Crippen LogP contribution in [-0.2, 0) is 21.4 Å². The molecule has 1 heterocycles. The number of sulfonamides is 1. The van der Waals surface area contributed by atoms with Gasteiger partial charge in [0.2, 0.25) is 10.0 Å². The summed E-state index contributed by atoms with van der Waals surface area (Å²) in [4.78, 5) is 14.3. The van der Waals surface area contributed by atoms with Crippen LogP contribution in [0.15, 0.2) is 65.2 Å². The third-order valence-corrected chi connectivity index (χ3v) is 10.6. The molecule has 11 heteroatoms. The zero-order valence-electron chi connectivity index (χ0n) is 27.8. The highest BCUT2D eigenvalue weighted by atomic mass is 35.5. The second kappa shape index (κ2) is 15.9. The maximum absolute atomic E-state index is 13.1. The highest BCUT2D eigenvalue weighted by Gasteiger charge is 2.50. The number of unbranched alkanes of at least 4 members (excludes halogenated alkanes) is 2. The molecule has 47 heavy (non-hydrogen) atoms. The largest absolute Gasteiger partial charge is 0.490 e. The Morgan fingerprint density at radius 1 is 1.11 bits per heavy atom. The summed E-state index contributed by atoms with van der Waals surface area (Å²) in [6, 6.07) is 12.9. The number of carbonyl (C=O) groups excluding carboxylic acids is 1. The van der Waals surface area contributed by atoms with Crippen molar-refractivity contribution in [3.05, 3.63) is 76.5 Å². The van der Waals surface area contributed by atoms with Crippen LogP contribution in [0.2, 0.25) is 5.02 Å². The Morgan fingerprint density at radius 2 is 1.87 bits per heavy atom. The molecule has 2 amide bonds. The minimum absolute atomic E-state index is 0.126. The van der Waals surface area contributed by atoms with E-state index in [-0.39, 0.29) is 30.1 Å². The lowest BCUT2D eigenvalue weighted by molar-refractivity contribution is 0.0474. The van der Waals surface area contributed by atoms with Crippen LogP contribution < -0.4 is 20.1 Å². The summed E-state index contributed by atoms with van der Waals surface area (Å²) in [5.41, 5.74) is 3.44. The van der Waals surface area contributed by atoms with Crippen molar-refractivity contribution in [3.8, 4) is 5.75 Å². The van der Waals surface area contributed by atoms with E-state index in [1.165, 1.54) is 6.07 Å². The Morgan fingerprint density at radius 3 is 2.62 bits per heavy atom. The second-order valence-corrected chi connectivity index (χ2v) is 15.2. The van der Waals surface area contributed by atoms with Crippen LogP contribution in [0.1, 0.15) is 82.8 Å². The molecule has 2 aliphatic carbocycles. The van der Waals surface area contributed by atoms with E-state index in [2.05, 4.69) is 52.6 Å². The SMILES string of the molecule is CCCC[C@H](C)NC(=O)NCCCCNS(=O)(=O)c1ccc(Cl)c(COC2(C3=CN(C)CC=C3c3ccccc3OC3CC3)CC2)c1. The van der Waals surface area contributed by atoms with Gasteiger partial charge >= 0.3 is 6.03 Å². The Bertz CT molecular complexity index is 1570. The third kappa shape index (κ3) is 9.75. The van der Waals surface area contributed by atoms with Gasteiger partial charge in [-0.1, -0.05) is 55.6 Å². The fraction of sp³-hybridized carbons (Fsp3) is 0.528. The molecule has 0 saturated heterocycles. The van der Waals surface area contributed by atoms with E-state index >= 15 is 0 Å². The molecule has 0 bridgehead atoms. The molecular weight excluding hydrogens is 636 g/mol. The molecular formula is C36H49ClN4O5S. The van der Waals surface area contributed by atoms with Crippen molar-refractivity contribution in [1.82, 2.24) is 20.3 Å². The number of benzene rings is 2. The first kappa shape index (κ1) is 35.3. The molecule has 1 aliphatic heterocycles. The van der Waals surface area contributed by atoms with Crippen LogP contribution in [0.4, 0.5) is 4.79 Å². The van der Waals surface area contributed by atoms with Gasteiger partial charge in [-0.2, -0.15) is 0 Å². The summed E-state index contributed by atoms with van der Waals surface area (Å²) in [7, 11) is -1.70. The zero-order chi connectivity index (χ0) is 33.4. The summed E-state index contributed by atoms with van der Waals surface area (Å²) in [5.74, 6) is 0.898. The molecule has 0 radical (unpaired) electrons. The normalized spacial score (nSPS) is 17.8. The molecule has 2 saturated carbocycles. The van der Waals surface area contributed by atoms with Crippen LogP contribution >= 0.6 is 11.6 Å². The first-order chi connectivity index (χ1) is 22.6. The molecule has 2 aromatic carbocycles. The van der Waals surface area contributed by atoms with Gasteiger partial charge in [-0.25, -0.2) is 17.9 Å². The molecule has 256 valence electrons. The molecule has 9 nitrogen and oxygen atoms in total. The van der Waals surface area contributed by atoms with Gasteiger partial charge in [0.15, 0.2) is 0 Å². The van der Waals surface area contributed by atoms with Crippen molar-refractivity contribution in [3.63, 3.8) is 0 Å². The van der Waals surface area contributed by atoms with E-state index < -0.39 is 15.6 Å². The Kier molecular flexibility index (Phi) is 11.9. The van der Waals surface area contributed by atoms with Gasteiger partial charge in [0, 0.05) is 55.1 Å². The molecule has 2 fully saturated rings. The van der Waals surface area contributed by atoms with Gasteiger partial charge in [-0.05, 0) is 87.3 Å². The quantitative estimate of drug-likeness (QED) is 0.150. The molecule has 0 spiro atoms. The van der Waals surface area contributed by atoms with Gasteiger partial charge in [0.05, 0.1) is 23.2 Å². The topological polar surface area (TPSA) is 109 Å². The Hall–Kier alpha value is -3.05. The van der Waals surface area contributed by atoms with E-state index in [1.807, 2.05) is 25.1 Å². The van der Waals surface area contributed by atoms with Gasteiger partial charge in [-0.15, -0.1) is 0 Å². The number of hydrogen-bond donors (Lipinski definition) is 3. The van der Waals surface area contributed by atoms with E-state index in [1.54, 1.807) is 12.1 Å². The monoisotopic (exact) mass is 684 g/mol. The molecule has 3 N–H and O–H groups in total. The van der Waals surface area contributed by atoms with Crippen molar-refractivity contribution in [2.24, 2.45) is 0 Å². The number of urea groups is 1. The van der Waals surface area contributed by atoms with Gasteiger partial charge in [0.1, 0.15) is 5.75 Å². The van der Waals surface area contributed by atoms with Crippen LogP contribution in [0, 0.1) is 0 Å². The third-order valence-electron chi connectivity index (χ3n) is 8.79. The number of hydrogen-bond acceptors (Lipinski definition) is 6. The summed E-state index contributed by atoms with van der Waals surface area (Å²) < 4.78 is 41.9. The lowest BCUT2D eigenvalue weighted by atomic mass is 9.90. The fourth-order valence-corrected chi connectivity index (χ4v) is 7.01. The highest BCUT2D eigenvalue weighted by molar-refractivity contribution is 7.89. The highest BCUT2D eigenvalue weighted by Crippen LogP contribution is 2.53. The average Bonchev–Trinajstić information content (AvgIpc) is 3.99. The minimum Gasteiger partial charge on any atom is -0.490 e. The van der Waals surface area contributed by atoms with E-state index in [0.29, 0.717) is 36.1 Å². The van der Waals surface area contributed by atoms with Crippen LogP contribution in [-0.4, -0.2) is 63.8 Å². The number of amides is 2. The predicted molar refractivity (Wildman–Crippen MR) is 187 cm³/mol. The summed E-state index contributed by atoms with van der Waals surface area (Å²) in [6.45, 7) is 5.83. The minimum atomic E-state index is -3.75. The molecule has 3 aliphatic rings. The predicted octanol–water partition coefficient (Wildman–Crippen LogP) is 6.78. The van der Waals surface area contributed by atoms with Gasteiger partial charge < -0.3 is 25.0 Å². The first-order valence-electron chi connectivity index (χ1n) is 17.0. The van der Waals surface area contributed by atoms with Crippen LogP contribution in [0.25, 0.3) is 5.57 Å². The Balaban J connectivity index is 1.16. The van der Waals surface area contributed by atoms with Gasteiger partial charge in [0.25, 0.3) is 0 Å². The molecule has 1 atom stereocenters. The van der Waals surface area contributed by atoms with E-state index in [0.717, 1.165) is 73.9 Å². The summed E-state index contributed by atoms with van der Waals surface area (Å²) >= 11 is 6.56. The van der Waals surface area contributed by atoms with E-state index in [9.17, 15) is 13.2 Å². The van der Waals surface area contributed by atoms with Crippen molar-refractivity contribution in [2.75, 3.05) is 26.7 Å². The number of nitrogens with one attached hydrogen (secondary N) is 3. The molecule has 0 aromatic heterocycles. The number of nitrogens with zero attached hydrogens (tertiary/aromatic N) is 1. The average molecular weight is 685 g/mol. The number of ether oxygens (including phenoxy) is 2. The first-order valence-corrected chi connectivity index (χ1v) is 18.8. The second-order valence-electron chi connectivity index (χ2n) is 13.0. The maximum atomic E-state index is 13.1. The number of halogens is 1. The standard InChI is InChI=1S/C36H49ClN4O5S/c1-4-5-10-26(2)40-35(42)38-20-8-9-21-39-47(43,44)29-15-16-33(37)27(23-29)25-45-36(18-19-36)32-24-41(3)22-17-30(32)31-11-6-7-12-34(31)46-28-13-14-28/h6-7,11-12,15-17,23-24,26,28,39H,4-5,8-10,13-14,18-22,25H2,1-3H3,(H2,38,40,42)/t26-/m0/s1. The van der Waals surface area contributed by atoms with Crippen molar-refractivity contribution >= 4 is 33.2 Å². The number of likely N-dealkylation sites (N-methyl/N-ethyl adjacent to an activating group) is 1. The molecule has 0 unspecified atom stereocenters. The van der Waals surface area contributed by atoms with Gasteiger partial charge in [-0.3, -0.25) is 0 Å². The maximum Gasteiger partial charge on any atom is 0.314 e. The lowest BCUT2D eigenvalue weighted by Crippen LogP contribution is -2.41. The van der Waals surface area contributed by atoms with Crippen LogP contribution in [0.3, 0.4) is 0 Å². The van der Waals surface area contributed by atoms with Crippen molar-refractivity contribution in [1.29, 1.82) is 0 Å². The number of para-hydroxylation sites is 1. The van der Waals surface area contributed by atoms with E-state index in [4.69, 9.17) is 21.1 Å². The molecule has 2 aromatic rings. The van der Waals surface area contributed by atoms with Crippen molar-refractivity contribution < 1.29 is 22.7 Å². The number of rotatable bonds is 18. The molecule has 5 rings (SSSR count). The Labute approximate surface area is 285 Å². The fourth-order valence-electron chi connectivity index (χ4n) is 5.71. The smallest absolute Gasteiger partial charge is 0.314 e. The summed E-state index contributed by atoms with van der Waals surface area (Å²) in [6.07, 6.45) is 13.0.